The van der Waals surface area contributed by atoms with E-state index in [9.17, 15) is 9.18 Å². The molecule has 0 radical (unpaired) electrons. The van der Waals surface area contributed by atoms with Crippen molar-refractivity contribution in [3.05, 3.63) is 57.8 Å². The van der Waals surface area contributed by atoms with E-state index in [0.717, 1.165) is 4.90 Å². The number of halogens is 3. The van der Waals surface area contributed by atoms with Crippen molar-refractivity contribution in [1.29, 1.82) is 0 Å². The largest absolute Gasteiger partial charge is 0.345 e. The van der Waals surface area contributed by atoms with Crippen molar-refractivity contribution in [2.75, 3.05) is 14.1 Å². The lowest BCUT2D eigenvalue weighted by Crippen LogP contribution is -2.22. The smallest absolute Gasteiger partial charge is 0.254 e. The summed E-state index contributed by atoms with van der Waals surface area (Å²) in [5, 5.41) is 0.897. The SMILES string of the molecule is CN(C)C(=O)c1cc(F)ccc1Sc1ccc(Cl)c(Cl)c1. The van der Waals surface area contributed by atoms with Crippen molar-refractivity contribution in [3.8, 4) is 0 Å². The monoisotopic (exact) mass is 343 g/mol. The molecule has 0 unspecified atom stereocenters. The van der Waals surface area contributed by atoms with E-state index in [1.165, 1.54) is 28.8 Å². The molecule has 0 aromatic heterocycles. The Labute approximate surface area is 136 Å². The molecule has 0 N–H and O–H groups in total. The van der Waals surface area contributed by atoms with Gasteiger partial charge in [-0.15, -0.1) is 0 Å². The minimum atomic E-state index is -0.446. The van der Waals surface area contributed by atoms with Crippen LogP contribution in [0.4, 0.5) is 4.39 Å². The Morgan fingerprint density at radius 3 is 2.43 bits per heavy atom. The first kappa shape index (κ1) is 16.1. The van der Waals surface area contributed by atoms with E-state index in [2.05, 4.69) is 0 Å². The van der Waals surface area contributed by atoms with Gasteiger partial charge in [0.15, 0.2) is 0 Å². The summed E-state index contributed by atoms with van der Waals surface area (Å²) in [6, 6.07) is 9.34. The zero-order valence-electron chi connectivity index (χ0n) is 11.4. The van der Waals surface area contributed by atoms with Gasteiger partial charge in [0.2, 0.25) is 0 Å². The van der Waals surface area contributed by atoms with E-state index >= 15 is 0 Å². The molecule has 0 aliphatic carbocycles. The molecule has 0 fully saturated rings. The van der Waals surface area contributed by atoms with E-state index in [-0.39, 0.29) is 5.91 Å². The standard InChI is InChI=1S/C15H12Cl2FNOS/c1-19(2)15(20)11-7-9(18)3-6-14(11)21-10-4-5-12(16)13(17)8-10/h3-8H,1-2H3. The van der Waals surface area contributed by atoms with Crippen LogP contribution in [0, 0.1) is 5.82 Å². The molecule has 6 heteroatoms. The summed E-state index contributed by atoms with van der Waals surface area (Å²) in [6.45, 7) is 0. The summed E-state index contributed by atoms with van der Waals surface area (Å²) < 4.78 is 13.4. The maximum atomic E-state index is 13.4. The van der Waals surface area contributed by atoms with Crippen LogP contribution in [0.1, 0.15) is 10.4 Å². The van der Waals surface area contributed by atoms with Crippen LogP contribution in [-0.2, 0) is 0 Å². The second-order valence-electron chi connectivity index (χ2n) is 4.52. The third-order valence-corrected chi connectivity index (χ3v) is 4.50. The maximum absolute atomic E-state index is 13.4. The first-order valence-corrected chi connectivity index (χ1v) is 7.60. The predicted octanol–water partition coefficient (Wildman–Crippen LogP) is 4.99. The molecule has 0 aliphatic heterocycles. The van der Waals surface area contributed by atoms with Gasteiger partial charge in [-0.1, -0.05) is 35.0 Å². The van der Waals surface area contributed by atoms with E-state index in [1.807, 2.05) is 0 Å². The first-order valence-electron chi connectivity index (χ1n) is 6.02. The molecule has 0 aliphatic rings. The van der Waals surface area contributed by atoms with Crippen LogP contribution in [0.3, 0.4) is 0 Å². The van der Waals surface area contributed by atoms with Gasteiger partial charge in [0.05, 0.1) is 15.6 Å². The van der Waals surface area contributed by atoms with Gasteiger partial charge >= 0.3 is 0 Å². The summed E-state index contributed by atoms with van der Waals surface area (Å²) in [6.07, 6.45) is 0. The van der Waals surface area contributed by atoms with Crippen LogP contribution < -0.4 is 0 Å². The second kappa shape index (κ2) is 6.69. The van der Waals surface area contributed by atoms with Gasteiger partial charge < -0.3 is 4.90 Å². The molecular weight excluding hydrogens is 332 g/mol. The Morgan fingerprint density at radius 1 is 1.10 bits per heavy atom. The van der Waals surface area contributed by atoms with Crippen molar-refractivity contribution < 1.29 is 9.18 Å². The Bertz CT molecular complexity index is 691. The normalized spacial score (nSPS) is 10.5. The van der Waals surface area contributed by atoms with Gasteiger partial charge in [0.25, 0.3) is 5.91 Å². The van der Waals surface area contributed by atoms with Crippen molar-refractivity contribution in [1.82, 2.24) is 4.90 Å². The number of rotatable bonds is 3. The first-order chi connectivity index (χ1) is 9.88. The lowest BCUT2D eigenvalue weighted by molar-refractivity contribution is 0.0824. The van der Waals surface area contributed by atoms with Gasteiger partial charge in [0.1, 0.15) is 5.82 Å². The highest BCUT2D eigenvalue weighted by atomic mass is 35.5. The Hall–Kier alpha value is -1.23. The molecule has 2 aromatic rings. The van der Waals surface area contributed by atoms with E-state index < -0.39 is 5.82 Å². The number of carbonyl (C=O) groups is 1. The fourth-order valence-corrected chi connectivity index (χ4v) is 2.99. The number of benzene rings is 2. The zero-order valence-corrected chi connectivity index (χ0v) is 13.7. The average molecular weight is 344 g/mol. The average Bonchev–Trinajstić information content (AvgIpc) is 2.44. The molecule has 0 bridgehead atoms. The third-order valence-electron chi connectivity index (χ3n) is 2.70. The minimum absolute atomic E-state index is 0.253. The Morgan fingerprint density at radius 2 is 1.81 bits per heavy atom. The highest BCUT2D eigenvalue weighted by Crippen LogP contribution is 2.34. The molecule has 2 nitrogen and oxygen atoms in total. The van der Waals surface area contributed by atoms with Crippen LogP contribution in [0.5, 0.6) is 0 Å². The van der Waals surface area contributed by atoms with Crippen molar-refractivity contribution in [2.24, 2.45) is 0 Å². The lowest BCUT2D eigenvalue weighted by atomic mass is 10.2. The lowest BCUT2D eigenvalue weighted by Gasteiger charge is -2.14. The fraction of sp³-hybridized carbons (Fsp3) is 0.133. The summed E-state index contributed by atoms with van der Waals surface area (Å²) in [7, 11) is 3.25. The minimum Gasteiger partial charge on any atom is -0.345 e. The van der Waals surface area contributed by atoms with Gasteiger partial charge in [-0.3, -0.25) is 4.79 Å². The molecule has 0 saturated heterocycles. The summed E-state index contributed by atoms with van der Waals surface area (Å²) in [5.41, 5.74) is 0.316. The Kier molecular flexibility index (Phi) is 5.14. The molecule has 0 spiro atoms. The quantitative estimate of drug-likeness (QED) is 0.782. The number of amides is 1. The van der Waals surface area contributed by atoms with Crippen LogP contribution >= 0.6 is 35.0 Å². The fourth-order valence-electron chi connectivity index (χ4n) is 1.67. The highest BCUT2D eigenvalue weighted by Gasteiger charge is 2.15. The topological polar surface area (TPSA) is 20.3 Å². The van der Waals surface area contributed by atoms with Crippen molar-refractivity contribution in [3.63, 3.8) is 0 Å². The Balaban J connectivity index is 2.39. The molecular formula is C15H12Cl2FNOS. The van der Waals surface area contributed by atoms with Crippen LogP contribution in [0.25, 0.3) is 0 Å². The van der Waals surface area contributed by atoms with Crippen molar-refractivity contribution >= 4 is 40.9 Å². The molecule has 0 atom stereocenters. The molecule has 0 saturated carbocycles. The number of carbonyl (C=O) groups excluding carboxylic acids is 1. The van der Waals surface area contributed by atoms with Crippen LogP contribution in [-0.4, -0.2) is 24.9 Å². The van der Waals surface area contributed by atoms with Gasteiger partial charge in [-0.2, -0.15) is 0 Å². The predicted molar refractivity (Wildman–Crippen MR) is 85.0 cm³/mol. The molecule has 21 heavy (non-hydrogen) atoms. The second-order valence-corrected chi connectivity index (χ2v) is 6.45. The maximum Gasteiger partial charge on any atom is 0.254 e. The number of hydrogen-bond acceptors (Lipinski definition) is 2. The van der Waals surface area contributed by atoms with E-state index in [1.54, 1.807) is 38.4 Å². The third kappa shape index (κ3) is 3.90. The summed E-state index contributed by atoms with van der Waals surface area (Å²) >= 11 is 13.2. The van der Waals surface area contributed by atoms with Crippen LogP contribution in [0.2, 0.25) is 10.0 Å². The van der Waals surface area contributed by atoms with E-state index in [0.29, 0.717) is 20.5 Å². The van der Waals surface area contributed by atoms with Gasteiger partial charge in [0, 0.05) is 23.9 Å². The van der Waals surface area contributed by atoms with E-state index in [4.69, 9.17) is 23.2 Å². The van der Waals surface area contributed by atoms with Gasteiger partial charge in [-0.25, -0.2) is 4.39 Å². The van der Waals surface area contributed by atoms with Crippen LogP contribution in [0.15, 0.2) is 46.2 Å². The molecule has 2 rings (SSSR count). The number of nitrogens with zero attached hydrogens (tertiary/aromatic N) is 1. The highest BCUT2D eigenvalue weighted by molar-refractivity contribution is 7.99. The molecule has 2 aromatic carbocycles. The van der Waals surface area contributed by atoms with Gasteiger partial charge in [-0.05, 0) is 36.4 Å². The zero-order chi connectivity index (χ0) is 15.6. The number of hydrogen-bond donors (Lipinski definition) is 0. The molecule has 1 amide bonds. The molecule has 110 valence electrons. The molecule has 0 heterocycles. The van der Waals surface area contributed by atoms with Crippen molar-refractivity contribution in [2.45, 2.75) is 9.79 Å². The summed E-state index contributed by atoms with van der Waals surface area (Å²) in [4.78, 5) is 15.0. The summed E-state index contributed by atoms with van der Waals surface area (Å²) in [5.74, 6) is -0.698.